The van der Waals surface area contributed by atoms with Crippen LogP contribution in [0.2, 0.25) is 5.02 Å². The Labute approximate surface area is 182 Å². The summed E-state index contributed by atoms with van der Waals surface area (Å²) in [6, 6.07) is 27.4. The van der Waals surface area contributed by atoms with Crippen LogP contribution >= 0.6 is 11.6 Å². The summed E-state index contributed by atoms with van der Waals surface area (Å²) in [5.74, 6) is 0.384. The molecule has 30 heavy (non-hydrogen) atoms. The number of hydrogen-bond acceptors (Lipinski definition) is 2. The van der Waals surface area contributed by atoms with Crippen LogP contribution in [0, 0.1) is 0 Å². The Balaban J connectivity index is 1.73. The van der Waals surface area contributed by atoms with Gasteiger partial charge in [-0.2, -0.15) is 0 Å². The second-order valence-electron chi connectivity index (χ2n) is 8.44. The maximum Gasteiger partial charge on any atom is 0.156 e. The number of rotatable bonds is 5. The molecular formula is C26H26ClN2O+. The number of nitrogens with zero attached hydrogens (tertiary/aromatic N) is 1. The molecule has 3 aromatic rings. The quantitative estimate of drug-likeness (QED) is 0.459. The Hall–Kier alpha value is -2.46. The van der Waals surface area contributed by atoms with Crippen molar-refractivity contribution in [3.05, 3.63) is 101 Å². The van der Waals surface area contributed by atoms with Crippen LogP contribution in [0.4, 0.5) is 5.69 Å². The van der Waals surface area contributed by atoms with Gasteiger partial charge >= 0.3 is 0 Å². The van der Waals surface area contributed by atoms with Gasteiger partial charge < -0.3 is 5.32 Å². The zero-order valence-electron chi connectivity index (χ0n) is 16.9. The van der Waals surface area contributed by atoms with Gasteiger partial charge in [-0.05, 0) is 29.8 Å². The molecule has 5 rings (SSSR count). The molecule has 2 unspecified atom stereocenters. The van der Waals surface area contributed by atoms with Crippen LogP contribution < -0.4 is 9.80 Å². The molecule has 3 aromatic carbocycles. The molecule has 1 N–H and O–H groups in total. The van der Waals surface area contributed by atoms with Crippen LogP contribution in [0.3, 0.4) is 0 Å². The predicted octanol–water partition coefficient (Wildman–Crippen LogP) is 5.15. The highest BCUT2D eigenvalue weighted by molar-refractivity contribution is 6.30. The van der Waals surface area contributed by atoms with Gasteiger partial charge in [-0.15, -0.1) is 0 Å². The van der Waals surface area contributed by atoms with Gasteiger partial charge in [0.05, 0.1) is 24.6 Å². The first-order valence-corrected chi connectivity index (χ1v) is 11.0. The first-order chi connectivity index (χ1) is 14.7. The highest BCUT2D eigenvalue weighted by Gasteiger charge is 2.70. The number of benzene rings is 3. The number of piperazine rings is 1. The van der Waals surface area contributed by atoms with E-state index < -0.39 is 0 Å². The minimum atomic E-state index is -0.0870. The SMILES string of the molecule is O=Cc1ccccc1[N+]1(C2(c3ccccc3)CC2c2ccc(Cl)cc2)CCNCC1. The van der Waals surface area contributed by atoms with Crippen LogP contribution in [0.1, 0.15) is 33.8 Å². The molecule has 3 nitrogen and oxygen atoms in total. The maximum atomic E-state index is 12.0. The molecule has 2 fully saturated rings. The van der Waals surface area contributed by atoms with Gasteiger partial charge in [0.2, 0.25) is 0 Å². The van der Waals surface area contributed by atoms with Crippen molar-refractivity contribution in [2.24, 2.45) is 0 Å². The first-order valence-electron chi connectivity index (χ1n) is 10.6. The summed E-state index contributed by atoms with van der Waals surface area (Å²) >= 11 is 6.19. The molecule has 0 bridgehead atoms. The average molecular weight is 418 g/mol. The molecule has 152 valence electrons. The number of hydrogen-bond donors (Lipinski definition) is 1. The number of carbonyl (C=O) groups excluding carboxylic acids is 1. The van der Waals surface area contributed by atoms with E-state index in [1.165, 1.54) is 11.1 Å². The predicted molar refractivity (Wildman–Crippen MR) is 123 cm³/mol. The standard InChI is InChI=1S/C26H26ClN2O/c27-23-12-10-20(11-13-23)24-18-26(24,22-7-2-1-3-8-22)29(16-14-28-15-17-29)25-9-5-4-6-21(25)19-30/h1-13,19,24,28H,14-18H2/q+1. The zero-order chi connectivity index (χ0) is 20.6. The fourth-order valence-electron chi connectivity index (χ4n) is 5.72. The second-order valence-corrected chi connectivity index (χ2v) is 8.88. The number of nitrogens with one attached hydrogen (secondary N) is 1. The van der Waals surface area contributed by atoms with Crippen molar-refractivity contribution in [2.75, 3.05) is 26.2 Å². The van der Waals surface area contributed by atoms with E-state index >= 15 is 0 Å². The van der Waals surface area contributed by atoms with E-state index in [2.05, 4.69) is 59.9 Å². The number of aldehydes is 1. The summed E-state index contributed by atoms with van der Waals surface area (Å²) in [4.78, 5) is 12.0. The highest BCUT2D eigenvalue weighted by atomic mass is 35.5. The summed E-state index contributed by atoms with van der Waals surface area (Å²) in [6.45, 7) is 3.80. The number of carbonyl (C=O) groups is 1. The molecule has 1 saturated heterocycles. The van der Waals surface area contributed by atoms with E-state index in [9.17, 15) is 4.79 Å². The van der Waals surface area contributed by atoms with Crippen LogP contribution in [0.25, 0.3) is 0 Å². The zero-order valence-corrected chi connectivity index (χ0v) is 17.7. The highest BCUT2D eigenvalue weighted by Crippen LogP contribution is 2.66. The van der Waals surface area contributed by atoms with E-state index in [0.29, 0.717) is 5.92 Å². The Morgan fingerprint density at radius 1 is 0.900 bits per heavy atom. The molecule has 0 amide bonds. The Morgan fingerprint density at radius 3 is 2.27 bits per heavy atom. The largest absolute Gasteiger partial charge is 0.306 e. The minimum Gasteiger partial charge on any atom is -0.306 e. The Morgan fingerprint density at radius 2 is 1.57 bits per heavy atom. The molecule has 1 aliphatic carbocycles. The summed E-state index contributed by atoms with van der Waals surface area (Å²) in [5, 5.41) is 4.30. The fraction of sp³-hybridized carbons (Fsp3) is 0.269. The third-order valence-corrected chi connectivity index (χ3v) is 7.36. The molecule has 1 heterocycles. The van der Waals surface area contributed by atoms with Crippen LogP contribution in [-0.2, 0) is 5.54 Å². The first kappa shape index (κ1) is 19.5. The van der Waals surface area contributed by atoms with Crippen LogP contribution in [0.15, 0.2) is 78.9 Å². The Bertz CT molecular complexity index is 1040. The summed E-state index contributed by atoms with van der Waals surface area (Å²) in [7, 11) is 0. The molecular weight excluding hydrogens is 392 g/mol. The van der Waals surface area contributed by atoms with Gasteiger partial charge in [0, 0.05) is 30.1 Å². The third-order valence-electron chi connectivity index (χ3n) is 7.11. The molecule has 1 aliphatic heterocycles. The van der Waals surface area contributed by atoms with Gasteiger partial charge in [0.1, 0.15) is 11.2 Å². The van der Waals surface area contributed by atoms with E-state index in [1.54, 1.807) is 0 Å². The van der Waals surface area contributed by atoms with Gasteiger partial charge in [-0.1, -0.05) is 66.2 Å². The summed E-state index contributed by atoms with van der Waals surface area (Å²) < 4.78 is 0.812. The van der Waals surface area contributed by atoms with Gasteiger partial charge in [-0.3, -0.25) is 9.28 Å². The van der Waals surface area contributed by atoms with Crippen molar-refractivity contribution in [1.82, 2.24) is 9.80 Å². The molecule has 0 radical (unpaired) electrons. The lowest BCUT2D eigenvalue weighted by Crippen LogP contribution is -2.66. The smallest absolute Gasteiger partial charge is 0.156 e. The molecule has 4 heteroatoms. The normalized spacial score (nSPS) is 24.9. The molecule has 1 saturated carbocycles. The van der Waals surface area contributed by atoms with E-state index in [4.69, 9.17) is 11.6 Å². The van der Waals surface area contributed by atoms with Crippen molar-refractivity contribution in [1.29, 1.82) is 0 Å². The lowest BCUT2D eigenvalue weighted by molar-refractivity contribution is 0.111. The van der Waals surface area contributed by atoms with Crippen molar-refractivity contribution in [3.8, 4) is 0 Å². The topological polar surface area (TPSA) is 29.1 Å². The van der Waals surface area contributed by atoms with Gasteiger partial charge in [-0.25, -0.2) is 0 Å². The van der Waals surface area contributed by atoms with Crippen molar-refractivity contribution < 1.29 is 4.79 Å². The second kappa shape index (κ2) is 7.66. The van der Waals surface area contributed by atoms with E-state index in [-0.39, 0.29) is 5.54 Å². The summed E-state index contributed by atoms with van der Waals surface area (Å²) in [5.41, 5.74) is 4.54. The minimum absolute atomic E-state index is 0.0870. The molecule has 2 atom stereocenters. The van der Waals surface area contributed by atoms with Crippen molar-refractivity contribution >= 4 is 23.6 Å². The van der Waals surface area contributed by atoms with E-state index in [0.717, 1.165) is 59.6 Å². The van der Waals surface area contributed by atoms with Crippen LogP contribution in [0.5, 0.6) is 0 Å². The lowest BCUT2D eigenvalue weighted by atomic mass is 9.91. The molecule has 0 aromatic heterocycles. The maximum absolute atomic E-state index is 12.0. The molecule has 2 aliphatic rings. The van der Waals surface area contributed by atoms with Gasteiger partial charge in [0.25, 0.3) is 0 Å². The van der Waals surface area contributed by atoms with Crippen LogP contribution in [-0.4, -0.2) is 32.5 Å². The third kappa shape index (κ3) is 2.92. The van der Waals surface area contributed by atoms with Crippen molar-refractivity contribution in [3.63, 3.8) is 0 Å². The molecule has 0 spiro atoms. The number of halogens is 1. The fourth-order valence-corrected chi connectivity index (χ4v) is 5.84. The Kier molecular flexibility index (Phi) is 4.98. The lowest BCUT2D eigenvalue weighted by Gasteiger charge is -2.49. The van der Waals surface area contributed by atoms with Gasteiger partial charge in [0.15, 0.2) is 6.29 Å². The van der Waals surface area contributed by atoms with E-state index in [1.807, 2.05) is 24.3 Å². The summed E-state index contributed by atoms with van der Waals surface area (Å²) in [6.07, 6.45) is 2.08. The number of para-hydroxylation sites is 1. The monoisotopic (exact) mass is 417 g/mol. The number of quaternary nitrogens is 1. The van der Waals surface area contributed by atoms with Crippen molar-refractivity contribution in [2.45, 2.75) is 17.9 Å². The average Bonchev–Trinajstić information content (AvgIpc) is 3.58.